The summed E-state index contributed by atoms with van der Waals surface area (Å²) in [5, 5.41) is 5.76. The number of hydrogen-bond acceptors (Lipinski definition) is 3. The number of nitrogens with one attached hydrogen (secondary N) is 2. The third-order valence-electron chi connectivity index (χ3n) is 3.61. The van der Waals surface area contributed by atoms with E-state index in [4.69, 9.17) is 11.6 Å². The molecule has 0 bridgehead atoms. The Balaban J connectivity index is 1.73. The van der Waals surface area contributed by atoms with Crippen molar-refractivity contribution in [3.05, 3.63) is 53.6 Å². The first-order valence-corrected chi connectivity index (χ1v) is 9.37. The average molecular weight is 366 g/mol. The molecule has 0 atom stereocenters. The molecule has 0 unspecified atom stereocenters. The van der Waals surface area contributed by atoms with Crippen LogP contribution in [0.4, 0.5) is 21.9 Å². The van der Waals surface area contributed by atoms with Crippen molar-refractivity contribution in [2.75, 3.05) is 27.2 Å². The van der Waals surface area contributed by atoms with Gasteiger partial charge in [-0.15, -0.1) is 0 Å². The van der Waals surface area contributed by atoms with Gasteiger partial charge in [-0.3, -0.25) is 4.31 Å². The van der Waals surface area contributed by atoms with Crippen molar-refractivity contribution in [3.63, 3.8) is 0 Å². The number of halogens is 1. The maximum atomic E-state index is 12.1. The van der Waals surface area contributed by atoms with E-state index in [0.717, 1.165) is 0 Å². The third kappa shape index (κ3) is 3.63. The van der Waals surface area contributed by atoms with Crippen molar-refractivity contribution in [1.29, 1.82) is 0 Å². The molecule has 2 N–H and O–H groups in total. The smallest absolute Gasteiger partial charge is 0.308 e. The van der Waals surface area contributed by atoms with E-state index in [1.54, 1.807) is 48.5 Å². The molecular formula is C16H16ClN3O3S. The fraction of sp³-hybridized carbons (Fsp3) is 0.188. The lowest BCUT2D eigenvalue weighted by molar-refractivity contribution is 0.262. The molecule has 2 aromatic carbocycles. The number of nitrogens with zero attached hydrogens (tertiary/aromatic N) is 1. The molecule has 1 heterocycles. The Hall–Kier alpha value is -2.25. The third-order valence-corrected chi connectivity index (χ3v) is 5.81. The van der Waals surface area contributed by atoms with E-state index >= 15 is 0 Å². The highest BCUT2D eigenvalue weighted by atomic mass is 35.5. The Morgan fingerprint density at radius 3 is 2.58 bits per heavy atom. The van der Waals surface area contributed by atoms with Gasteiger partial charge in [0.05, 0.1) is 22.2 Å². The van der Waals surface area contributed by atoms with Crippen LogP contribution in [0.1, 0.15) is 6.42 Å². The van der Waals surface area contributed by atoms with Gasteiger partial charge in [0.2, 0.25) is 10.0 Å². The van der Waals surface area contributed by atoms with E-state index in [2.05, 4.69) is 10.6 Å². The predicted octanol–water partition coefficient (Wildman–Crippen LogP) is 3.52. The molecule has 2 amide bonds. The normalized spacial score (nSPS) is 16.0. The van der Waals surface area contributed by atoms with Gasteiger partial charge in [-0.05, 0) is 36.8 Å². The SMILES string of the molecule is O=C(Nc1cccc(N2CCCS2(=O)=O)c1)Nc1ccccc1Cl. The zero-order valence-electron chi connectivity index (χ0n) is 12.7. The fourth-order valence-electron chi connectivity index (χ4n) is 2.52. The summed E-state index contributed by atoms with van der Waals surface area (Å²) in [5.41, 5.74) is 1.54. The van der Waals surface area contributed by atoms with E-state index < -0.39 is 16.1 Å². The van der Waals surface area contributed by atoms with Crippen molar-refractivity contribution >= 4 is 44.7 Å². The molecule has 0 aromatic heterocycles. The molecule has 126 valence electrons. The molecular weight excluding hydrogens is 350 g/mol. The molecule has 24 heavy (non-hydrogen) atoms. The highest BCUT2D eigenvalue weighted by Crippen LogP contribution is 2.26. The molecule has 8 heteroatoms. The number of hydrogen-bond donors (Lipinski definition) is 2. The fourth-order valence-corrected chi connectivity index (χ4v) is 4.25. The second-order valence-corrected chi connectivity index (χ2v) is 7.77. The Bertz CT molecular complexity index is 870. The minimum absolute atomic E-state index is 0.150. The minimum atomic E-state index is -3.25. The van der Waals surface area contributed by atoms with Gasteiger partial charge < -0.3 is 10.6 Å². The molecule has 0 radical (unpaired) electrons. The van der Waals surface area contributed by atoms with Crippen LogP contribution in [0.3, 0.4) is 0 Å². The average Bonchev–Trinajstić information content (AvgIpc) is 2.89. The van der Waals surface area contributed by atoms with Crippen LogP contribution in [0.2, 0.25) is 5.02 Å². The Labute approximate surface area is 145 Å². The Morgan fingerprint density at radius 1 is 1.08 bits per heavy atom. The van der Waals surface area contributed by atoms with E-state index in [1.807, 2.05) is 0 Å². The summed E-state index contributed by atoms with van der Waals surface area (Å²) in [5.74, 6) is 0.150. The second kappa shape index (κ2) is 6.70. The van der Waals surface area contributed by atoms with E-state index in [0.29, 0.717) is 35.1 Å². The molecule has 3 rings (SSSR count). The molecule has 0 spiro atoms. The van der Waals surface area contributed by atoms with E-state index in [9.17, 15) is 13.2 Å². The van der Waals surface area contributed by atoms with Crippen LogP contribution in [0, 0.1) is 0 Å². The van der Waals surface area contributed by atoms with Gasteiger partial charge in [-0.25, -0.2) is 13.2 Å². The van der Waals surface area contributed by atoms with E-state index in [1.165, 1.54) is 4.31 Å². The Morgan fingerprint density at radius 2 is 1.88 bits per heavy atom. The molecule has 1 fully saturated rings. The van der Waals surface area contributed by atoms with Gasteiger partial charge in [-0.1, -0.05) is 29.8 Å². The zero-order chi connectivity index (χ0) is 17.2. The lowest BCUT2D eigenvalue weighted by Gasteiger charge is -2.18. The highest BCUT2D eigenvalue weighted by Gasteiger charge is 2.28. The van der Waals surface area contributed by atoms with Gasteiger partial charge >= 0.3 is 6.03 Å². The number of para-hydroxylation sites is 1. The first kappa shape index (κ1) is 16.6. The molecule has 1 aliphatic heterocycles. The van der Waals surface area contributed by atoms with Crippen LogP contribution in [0.15, 0.2) is 48.5 Å². The van der Waals surface area contributed by atoms with Crippen molar-refractivity contribution < 1.29 is 13.2 Å². The standard InChI is InChI=1S/C16H16ClN3O3S/c17-14-7-1-2-8-15(14)19-16(21)18-12-5-3-6-13(11-12)20-9-4-10-24(20,22)23/h1-3,5-8,11H,4,9-10H2,(H2,18,19,21). The molecule has 1 aliphatic rings. The number of anilines is 3. The summed E-state index contributed by atoms with van der Waals surface area (Å²) in [4.78, 5) is 12.1. The summed E-state index contributed by atoms with van der Waals surface area (Å²) in [7, 11) is -3.25. The summed E-state index contributed by atoms with van der Waals surface area (Å²) < 4.78 is 25.3. The zero-order valence-corrected chi connectivity index (χ0v) is 14.3. The first-order chi connectivity index (χ1) is 11.5. The van der Waals surface area contributed by atoms with Gasteiger partial charge in [0.15, 0.2) is 0 Å². The molecule has 1 saturated heterocycles. The number of rotatable bonds is 3. The maximum absolute atomic E-state index is 12.1. The van der Waals surface area contributed by atoms with Crippen LogP contribution in [0.5, 0.6) is 0 Å². The number of carbonyl (C=O) groups excluding carboxylic acids is 1. The highest BCUT2D eigenvalue weighted by molar-refractivity contribution is 7.93. The number of sulfonamides is 1. The van der Waals surface area contributed by atoms with Crippen LogP contribution in [-0.2, 0) is 10.0 Å². The number of benzene rings is 2. The number of amides is 2. The molecule has 6 nitrogen and oxygen atoms in total. The van der Waals surface area contributed by atoms with E-state index in [-0.39, 0.29) is 5.75 Å². The molecule has 2 aromatic rings. The van der Waals surface area contributed by atoms with Crippen molar-refractivity contribution in [3.8, 4) is 0 Å². The molecule has 0 aliphatic carbocycles. The van der Waals surface area contributed by atoms with Gasteiger partial charge in [-0.2, -0.15) is 0 Å². The maximum Gasteiger partial charge on any atom is 0.323 e. The Kier molecular flexibility index (Phi) is 4.64. The molecule has 0 saturated carbocycles. The topological polar surface area (TPSA) is 78.5 Å². The minimum Gasteiger partial charge on any atom is -0.308 e. The van der Waals surface area contributed by atoms with Crippen molar-refractivity contribution in [1.82, 2.24) is 0 Å². The van der Waals surface area contributed by atoms with Crippen LogP contribution in [-0.4, -0.2) is 26.7 Å². The summed E-state index contributed by atoms with van der Waals surface area (Å²) in [6.07, 6.45) is 0.604. The summed E-state index contributed by atoms with van der Waals surface area (Å²) >= 11 is 6.00. The quantitative estimate of drug-likeness (QED) is 0.873. The summed E-state index contributed by atoms with van der Waals surface area (Å²) in [6.45, 7) is 0.456. The monoisotopic (exact) mass is 365 g/mol. The first-order valence-electron chi connectivity index (χ1n) is 7.39. The van der Waals surface area contributed by atoms with Crippen LogP contribution < -0.4 is 14.9 Å². The second-order valence-electron chi connectivity index (χ2n) is 5.35. The van der Waals surface area contributed by atoms with Crippen LogP contribution >= 0.6 is 11.6 Å². The largest absolute Gasteiger partial charge is 0.323 e. The number of carbonyl (C=O) groups is 1. The van der Waals surface area contributed by atoms with Crippen molar-refractivity contribution in [2.45, 2.75) is 6.42 Å². The summed E-state index contributed by atoms with van der Waals surface area (Å²) in [6, 6.07) is 13.2. The lowest BCUT2D eigenvalue weighted by Crippen LogP contribution is -2.25. The number of urea groups is 1. The predicted molar refractivity (Wildman–Crippen MR) is 96.3 cm³/mol. The van der Waals surface area contributed by atoms with Crippen molar-refractivity contribution in [2.24, 2.45) is 0 Å². The van der Waals surface area contributed by atoms with Gasteiger partial charge in [0.1, 0.15) is 0 Å². The van der Waals surface area contributed by atoms with Crippen LogP contribution in [0.25, 0.3) is 0 Å². The van der Waals surface area contributed by atoms with Gasteiger partial charge in [0.25, 0.3) is 0 Å². The van der Waals surface area contributed by atoms with Gasteiger partial charge in [0, 0.05) is 12.2 Å². The lowest BCUT2D eigenvalue weighted by atomic mass is 10.2.